The normalized spacial score (nSPS) is 10.8. The number of ether oxygens (including phenoxy) is 1. The summed E-state index contributed by atoms with van der Waals surface area (Å²) in [7, 11) is 1.89. The maximum atomic E-state index is 11.2. The van der Waals surface area contributed by atoms with E-state index in [1.807, 2.05) is 33.3 Å². The van der Waals surface area contributed by atoms with Crippen LogP contribution in [0.25, 0.3) is 0 Å². The molecule has 16 heavy (non-hydrogen) atoms. The second-order valence-electron chi connectivity index (χ2n) is 3.99. The van der Waals surface area contributed by atoms with Gasteiger partial charge in [0.2, 0.25) is 0 Å². The third-order valence-corrected chi connectivity index (χ3v) is 1.99. The lowest BCUT2D eigenvalue weighted by Crippen LogP contribution is -2.28. The quantitative estimate of drug-likeness (QED) is 0.566. The van der Waals surface area contributed by atoms with E-state index in [2.05, 4.69) is 10.4 Å². The van der Waals surface area contributed by atoms with Gasteiger partial charge in [-0.3, -0.25) is 9.48 Å². The average Bonchev–Trinajstić information content (AvgIpc) is 2.58. The summed E-state index contributed by atoms with van der Waals surface area (Å²) in [5.41, 5.74) is 1.16. The SMILES string of the molecule is CC(C)OC(=O)CNCCc1cnn(C)c1. The molecule has 0 atom stereocenters. The van der Waals surface area contributed by atoms with Gasteiger partial charge in [0.25, 0.3) is 0 Å². The van der Waals surface area contributed by atoms with Gasteiger partial charge in [-0.1, -0.05) is 0 Å². The summed E-state index contributed by atoms with van der Waals surface area (Å²) in [4.78, 5) is 11.2. The standard InChI is InChI=1S/C11H19N3O2/c1-9(2)16-11(15)7-12-5-4-10-6-13-14(3)8-10/h6,8-9,12H,4-5,7H2,1-3H3. The van der Waals surface area contributed by atoms with Gasteiger partial charge >= 0.3 is 5.97 Å². The molecule has 0 amide bonds. The van der Waals surface area contributed by atoms with E-state index in [0.717, 1.165) is 18.5 Å². The van der Waals surface area contributed by atoms with Gasteiger partial charge in [-0.05, 0) is 32.4 Å². The van der Waals surface area contributed by atoms with E-state index in [1.165, 1.54) is 0 Å². The number of rotatable bonds is 6. The van der Waals surface area contributed by atoms with Crippen LogP contribution in [0.3, 0.4) is 0 Å². The van der Waals surface area contributed by atoms with Gasteiger partial charge in [-0.25, -0.2) is 0 Å². The first-order valence-electron chi connectivity index (χ1n) is 5.45. The maximum absolute atomic E-state index is 11.2. The van der Waals surface area contributed by atoms with Crippen molar-refractivity contribution in [2.45, 2.75) is 26.4 Å². The Kier molecular flexibility index (Phi) is 4.98. The number of nitrogens with zero attached hydrogens (tertiary/aromatic N) is 2. The average molecular weight is 225 g/mol. The fourth-order valence-electron chi connectivity index (χ4n) is 1.33. The summed E-state index contributed by atoms with van der Waals surface area (Å²) in [6.45, 7) is 4.69. The topological polar surface area (TPSA) is 56.1 Å². The number of esters is 1. The molecule has 0 aromatic carbocycles. The molecule has 90 valence electrons. The van der Waals surface area contributed by atoms with Crippen molar-refractivity contribution in [2.24, 2.45) is 7.05 Å². The molecule has 0 fully saturated rings. The number of nitrogens with one attached hydrogen (secondary N) is 1. The second-order valence-corrected chi connectivity index (χ2v) is 3.99. The Bertz CT molecular complexity index is 334. The molecule has 0 unspecified atom stereocenters. The van der Waals surface area contributed by atoms with Crippen molar-refractivity contribution < 1.29 is 9.53 Å². The highest BCUT2D eigenvalue weighted by Gasteiger charge is 2.04. The van der Waals surface area contributed by atoms with Crippen LogP contribution < -0.4 is 5.32 Å². The van der Waals surface area contributed by atoms with Gasteiger partial charge in [-0.15, -0.1) is 0 Å². The molecular formula is C11H19N3O2. The molecule has 1 heterocycles. The third kappa shape index (κ3) is 4.93. The van der Waals surface area contributed by atoms with E-state index in [9.17, 15) is 4.79 Å². The molecule has 1 rings (SSSR count). The Hall–Kier alpha value is -1.36. The maximum Gasteiger partial charge on any atom is 0.320 e. The van der Waals surface area contributed by atoms with Crippen molar-refractivity contribution >= 4 is 5.97 Å². The molecule has 0 saturated heterocycles. The van der Waals surface area contributed by atoms with Crippen LogP contribution in [0.1, 0.15) is 19.4 Å². The minimum atomic E-state index is -0.207. The zero-order valence-corrected chi connectivity index (χ0v) is 10.1. The monoisotopic (exact) mass is 225 g/mol. The molecule has 0 aliphatic heterocycles. The van der Waals surface area contributed by atoms with E-state index in [0.29, 0.717) is 0 Å². The predicted octanol–water partition coefficient (Wildman–Crippen LogP) is 0.504. The first-order chi connectivity index (χ1) is 7.58. The fourth-order valence-corrected chi connectivity index (χ4v) is 1.33. The number of aromatic nitrogens is 2. The molecule has 0 aliphatic carbocycles. The second kappa shape index (κ2) is 6.27. The zero-order valence-electron chi connectivity index (χ0n) is 10.1. The molecular weight excluding hydrogens is 206 g/mol. The van der Waals surface area contributed by atoms with Gasteiger partial charge in [0.15, 0.2) is 0 Å². The van der Waals surface area contributed by atoms with Crippen LogP contribution in [0, 0.1) is 0 Å². The van der Waals surface area contributed by atoms with Crippen molar-refractivity contribution in [1.82, 2.24) is 15.1 Å². The highest BCUT2D eigenvalue weighted by atomic mass is 16.5. The molecule has 0 aliphatic rings. The van der Waals surface area contributed by atoms with Crippen molar-refractivity contribution in [3.8, 4) is 0 Å². The van der Waals surface area contributed by atoms with E-state index in [4.69, 9.17) is 4.74 Å². The van der Waals surface area contributed by atoms with Crippen LogP contribution in [0.2, 0.25) is 0 Å². The largest absolute Gasteiger partial charge is 0.462 e. The Balaban J connectivity index is 2.10. The Morgan fingerprint density at radius 2 is 2.38 bits per heavy atom. The molecule has 5 nitrogen and oxygen atoms in total. The van der Waals surface area contributed by atoms with Crippen molar-refractivity contribution in [3.63, 3.8) is 0 Å². The summed E-state index contributed by atoms with van der Waals surface area (Å²) >= 11 is 0. The third-order valence-electron chi connectivity index (χ3n) is 1.99. The van der Waals surface area contributed by atoms with Gasteiger partial charge < -0.3 is 10.1 Å². The number of carbonyl (C=O) groups excluding carboxylic acids is 1. The highest BCUT2D eigenvalue weighted by Crippen LogP contribution is 1.96. The van der Waals surface area contributed by atoms with Gasteiger partial charge in [0.1, 0.15) is 0 Å². The lowest BCUT2D eigenvalue weighted by molar-refractivity contribution is -0.146. The van der Waals surface area contributed by atoms with Crippen molar-refractivity contribution in [2.75, 3.05) is 13.1 Å². The van der Waals surface area contributed by atoms with Gasteiger partial charge in [-0.2, -0.15) is 5.10 Å². The Morgan fingerprint density at radius 1 is 1.62 bits per heavy atom. The molecule has 0 spiro atoms. The first kappa shape index (κ1) is 12.7. The lowest BCUT2D eigenvalue weighted by atomic mass is 10.2. The number of hydrogen-bond acceptors (Lipinski definition) is 4. The van der Waals surface area contributed by atoms with E-state index < -0.39 is 0 Å². The van der Waals surface area contributed by atoms with Crippen LogP contribution in [0.4, 0.5) is 0 Å². The van der Waals surface area contributed by atoms with Crippen LogP contribution in [-0.4, -0.2) is 34.9 Å². The van der Waals surface area contributed by atoms with Crippen LogP contribution in [0.15, 0.2) is 12.4 Å². The molecule has 0 bridgehead atoms. The molecule has 1 aromatic heterocycles. The minimum Gasteiger partial charge on any atom is -0.462 e. The summed E-state index contributed by atoms with van der Waals surface area (Å²) in [6, 6.07) is 0. The number of aryl methyl sites for hydroxylation is 1. The van der Waals surface area contributed by atoms with Gasteiger partial charge in [0, 0.05) is 13.2 Å². The summed E-state index contributed by atoms with van der Waals surface area (Å²) in [6.07, 6.45) is 4.61. The molecule has 1 aromatic rings. The van der Waals surface area contributed by atoms with Gasteiger partial charge in [0.05, 0.1) is 18.8 Å². The summed E-state index contributed by atoms with van der Waals surface area (Å²) in [5.74, 6) is -0.207. The number of hydrogen-bond donors (Lipinski definition) is 1. The Morgan fingerprint density at radius 3 is 2.94 bits per heavy atom. The molecule has 0 saturated carbocycles. The smallest absolute Gasteiger partial charge is 0.320 e. The van der Waals surface area contributed by atoms with Crippen LogP contribution in [0.5, 0.6) is 0 Å². The molecule has 5 heteroatoms. The predicted molar refractivity (Wildman–Crippen MR) is 61.0 cm³/mol. The highest BCUT2D eigenvalue weighted by molar-refractivity contribution is 5.71. The van der Waals surface area contributed by atoms with E-state index >= 15 is 0 Å². The molecule has 0 radical (unpaired) electrons. The van der Waals surface area contributed by atoms with Crippen molar-refractivity contribution in [1.29, 1.82) is 0 Å². The van der Waals surface area contributed by atoms with Crippen molar-refractivity contribution in [3.05, 3.63) is 18.0 Å². The summed E-state index contributed by atoms with van der Waals surface area (Å²) < 4.78 is 6.75. The zero-order chi connectivity index (χ0) is 12.0. The fraction of sp³-hybridized carbons (Fsp3) is 0.636. The summed E-state index contributed by atoms with van der Waals surface area (Å²) in [5, 5.41) is 7.10. The van der Waals surface area contributed by atoms with Crippen LogP contribution >= 0.6 is 0 Å². The first-order valence-corrected chi connectivity index (χ1v) is 5.45. The Labute approximate surface area is 95.8 Å². The lowest BCUT2D eigenvalue weighted by Gasteiger charge is -2.08. The minimum absolute atomic E-state index is 0.0485. The number of carbonyl (C=O) groups is 1. The molecule has 1 N–H and O–H groups in total. The van der Waals surface area contributed by atoms with E-state index in [1.54, 1.807) is 4.68 Å². The van der Waals surface area contributed by atoms with Crippen LogP contribution in [-0.2, 0) is 23.0 Å². The van der Waals surface area contributed by atoms with E-state index in [-0.39, 0.29) is 18.6 Å².